The lowest BCUT2D eigenvalue weighted by Crippen LogP contribution is -2.07. The van der Waals surface area contributed by atoms with Gasteiger partial charge in [-0.15, -0.1) is 0 Å². The standard InChI is InChI=1S/C15H10F3NS/c1-10-2-5-12(6-3-10)20-13-7-4-11(9-19)14(8-13)15(16,17)18/h2-8H,1H3. The molecule has 5 heteroatoms. The first-order valence-corrected chi connectivity index (χ1v) is 6.57. The molecule has 0 aliphatic rings. The highest BCUT2D eigenvalue weighted by atomic mass is 32.2. The van der Waals surface area contributed by atoms with Crippen LogP contribution >= 0.6 is 11.8 Å². The van der Waals surface area contributed by atoms with Crippen molar-refractivity contribution in [2.75, 3.05) is 0 Å². The van der Waals surface area contributed by atoms with Crippen molar-refractivity contribution in [2.24, 2.45) is 0 Å². The fourth-order valence-electron chi connectivity index (χ4n) is 1.66. The summed E-state index contributed by atoms with van der Waals surface area (Å²) in [6.07, 6.45) is -4.52. The Hall–Kier alpha value is -1.93. The summed E-state index contributed by atoms with van der Waals surface area (Å²) in [6, 6.07) is 12.8. The number of aryl methyl sites for hydroxylation is 1. The molecule has 0 saturated carbocycles. The summed E-state index contributed by atoms with van der Waals surface area (Å²) in [5.74, 6) is 0. The van der Waals surface area contributed by atoms with Crippen LogP contribution < -0.4 is 0 Å². The molecule has 0 fully saturated rings. The Labute approximate surface area is 119 Å². The Morgan fingerprint density at radius 1 is 1.00 bits per heavy atom. The first kappa shape index (κ1) is 14.5. The van der Waals surface area contributed by atoms with E-state index in [0.29, 0.717) is 4.90 Å². The summed E-state index contributed by atoms with van der Waals surface area (Å²) in [5, 5.41) is 8.74. The smallest absolute Gasteiger partial charge is 0.192 e. The second kappa shape index (κ2) is 5.59. The van der Waals surface area contributed by atoms with Crippen molar-refractivity contribution in [3.8, 4) is 6.07 Å². The third-order valence-corrected chi connectivity index (χ3v) is 3.67. The van der Waals surface area contributed by atoms with E-state index in [0.717, 1.165) is 16.5 Å². The number of benzene rings is 2. The van der Waals surface area contributed by atoms with E-state index in [2.05, 4.69) is 0 Å². The van der Waals surface area contributed by atoms with Crippen molar-refractivity contribution in [1.82, 2.24) is 0 Å². The first-order chi connectivity index (χ1) is 9.40. The van der Waals surface area contributed by atoms with Crippen molar-refractivity contribution in [3.63, 3.8) is 0 Å². The molecular formula is C15H10F3NS. The minimum atomic E-state index is -4.52. The summed E-state index contributed by atoms with van der Waals surface area (Å²) in [6.45, 7) is 1.94. The van der Waals surface area contributed by atoms with Crippen LogP contribution in [0.25, 0.3) is 0 Å². The Balaban J connectivity index is 2.34. The lowest BCUT2D eigenvalue weighted by atomic mass is 10.1. The highest BCUT2D eigenvalue weighted by Crippen LogP contribution is 2.36. The molecule has 0 aliphatic heterocycles. The molecule has 20 heavy (non-hydrogen) atoms. The summed E-state index contributed by atoms with van der Waals surface area (Å²) in [4.78, 5) is 1.31. The Morgan fingerprint density at radius 3 is 2.15 bits per heavy atom. The summed E-state index contributed by atoms with van der Waals surface area (Å²) in [7, 11) is 0. The zero-order chi connectivity index (χ0) is 14.8. The maximum atomic E-state index is 12.8. The fraction of sp³-hybridized carbons (Fsp3) is 0.133. The molecule has 0 atom stereocenters. The van der Waals surface area contributed by atoms with Gasteiger partial charge in [0.15, 0.2) is 0 Å². The van der Waals surface area contributed by atoms with Crippen molar-refractivity contribution < 1.29 is 13.2 Å². The second-order valence-electron chi connectivity index (χ2n) is 4.23. The van der Waals surface area contributed by atoms with E-state index >= 15 is 0 Å². The van der Waals surface area contributed by atoms with Crippen LogP contribution in [0.2, 0.25) is 0 Å². The van der Waals surface area contributed by atoms with E-state index in [1.165, 1.54) is 23.9 Å². The van der Waals surface area contributed by atoms with E-state index in [1.54, 1.807) is 6.07 Å². The predicted octanol–water partition coefficient (Wildman–Crippen LogP) is 5.04. The molecule has 2 rings (SSSR count). The molecule has 102 valence electrons. The molecular weight excluding hydrogens is 283 g/mol. The number of nitriles is 1. The third kappa shape index (κ3) is 3.34. The minimum absolute atomic E-state index is 0.356. The predicted molar refractivity (Wildman–Crippen MR) is 71.5 cm³/mol. The average molecular weight is 293 g/mol. The summed E-state index contributed by atoms with van der Waals surface area (Å²) >= 11 is 1.24. The van der Waals surface area contributed by atoms with Gasteiger partial charge in [0.25, 0.3) is 0 Å². The number of hydrogen-bond acceptors (Lipinski definition) is 2. The number of halogens is 3. The Kier molecular flexibility index (Phi) is 4.05. The molecule has 2 aromatic carbocycles. The van der Waals surface area contributed by atoms with Gasteiger partial charge in [-0.3, -0.25) is 0 Å². The number of alkyl halides is 3. The lowest BCUT2D eigenvalue weighted by Gasteiger charge is -2.10. The maximum Gasteiger partial charge on any atom is 0.417 e. The van der Waals surface area contributed by atoms with Crippen LogP contribution in [0, 0.1) is 18.3 Å². The highest BCUT2D eigenvalue weighted by molar-refractivity contribution is 7.99. The molecule has 0 N–H and O–H groups in total. The number of rotatable bonds is 2. The van der Waals surface area contributed by atoms with Crippen molar-refractivity contribution >= 4 is 11.8 Å². The van der Waals surface area contributed by atoms with Crippen LogP contribution in [0.15, 0.2) is 52.3 Å². The number of hydrogen-bond donors (Lipinski definition) is 0. The highest BCUT2D eigenvalue weighted by Gasteiger charge is 2.33. The lowest BCUT2D eigenvalue weighted by molar-refractivity contribution is -0.137. The zero-order valence-electron chi connectivity index (χ0n) is 10.5. The third-order valence-electron chi connectivity index (χ3n) is 2.67. The van der Waals surface area contributed by atoms with E-state index in [1.807, 2.05) is 31.2 Å². The van der Waals surface area contributed by atoms with Crippen LogP contribution in [0.5, 0.6) is 0 Å². The molecule has 0 radical (unpaired) electrons. The van der Waals surface area contributed by atoms with Crippen molar-refractivity contribution in [3.05, 3.63) is 59.2 Å². The van der Waals surface area contributed by atoms with Gasteiger partial charge in [-0.1, -0.05) is 29.5 Å². The van der Waals surface area contributed by atoms with E-state index in [4.69, 9.17) is 5.26 Å². The Bertz CT molecular complexity index is 654. The normalized spacial score (nSPS) is 11.2. The quantitative estimate of drug-likeness (QED) is 0.774. The van der Waals surface area contributed by atoms with Gasteiger partial charge >= 0.3 is 6.18 Å². The topological polar surface area (TPSA) is 23.8 Å². The SMILES string of the molecule is Cc1ccc(Sc2ccc(C#N)c(C(F)(F)F)c2)cc1. The van der Waals surface area contributed by atoms with Gasteiger partial charge in [0.05, 0.1) is 17.2 Å². The molecule has 0 spiro atoms. The summed E-state index contributed by atoms with van der Waals surface area (Å²) < 4.78 is 38.5. The van der Waals surface area contributed by atoms with Crippen LogP contribution in [0.3, 0.4) is 0 Å². The van der Waals surface area contributed by atoms with Crippen LogP contribution in [-0.2, 0) is 6.18 Å². The van der Waals surface area contributed by atoms with Crippen molar-refractivity contribution in [2.45, 2.75) is 22.9 Å². The van der Waals surface area contributed by atoms with Gasteiger partial charge < -0.3 is 0 Å². The average Bonchev–Trinajstić information content (AvgIpc) is 2.40. The van der Waals surface area contributed by atoms with E-state index in [-0.39, 0.29) is 5.56 Å². The van der Waals surface area contributed by atoms with Gasteiger partial charge in [-0.05, 0) is 37.3 Å². The van der Waals surface area contributed by atoms with Gasteiger partial charge in [0.1, 0.15) is 0 Å². The molecule has 1 nitrogen and oxygen atoms in total. The fourth-order valence-corrected chi connectivity index (χ4v) is 2.52. The zero-order valence-corrected chi connectivity index (χ0v) is 11.3. The first-order valence-electron chi connectivity index (χ1n) is 5.76. The molecule has 0 unspecified atom stereocenters. The van der Waals surface area contributed by atoms with Crippen LogP contribution in [0.1, 0.15) is 16.7 Å². The largest absolute Gasteiger partial charge is 0.417 e. The Morgan fingerprint density at radius 2 is 1.60 bits per heavy atom. The molecule has 2 aromatic rings. The van der Waals surface area contributed by atoms with Gasteiger partial charge in [-0.25, -0.2) is 0 Å². The van der Waals surface area contributed by atoms with Gasteiger partial charge in [0, 0.05) is 9.79 Å². The van der Waals surface area contributed by atoms with Gasteiger partial charge in [-0.2, -0.15) is 18.4 Å². The maximum absolute atomic E-state index is 12.8. The molecule has 0 aliphatic carbocycles. The van der Waals surface area contributed by atoms with E-state index in [9.17, 15) is 13.2 Å². The van der Waals surface area contributed by atoms with Crippen LogP contribution in [-0.4, -0.2) is 0 Å². The molecule has 0 amide bonds. The number of nitrogens with zero attached hydrogens (tertiary/aromatic N) is 1. The van der Waals surface area contributed by atoms with Crippen molar-refractivity contribution in [1.29, 1.82) is 5.26 Å². The van der Waals surface area contributed by atoms with E-state index < -0.39 is 11.7 Å². The minimum Gasteiger partial charge on any atom is -0.192 e. The second-order valence-corrected chi connectivity index (χ2v) is 5.38. The molecule has 0 bridgehead atoms. The monoisotopic (exact) mass is 293 g/mol. The molecule has 0 aromatic heterocycles. The van der Waals surface area contributed by atoms with Crippen LogP contribution in [0.4, 0.5) is 13.2 Å². The molecule has 0 saturated heterocycles. The van der Waals surface area contributed by atoms with Gasteiger partial charge in [0.2, 0.25) is 0 Å². The summed E-state index contributed by atoms with van der Waals surface area (Å²) in [5.41, 5.74) is -0.159. The molecule has 0 heterocycles.